The first-order valence-corrected chi connectivity index (χ1v) is 7.92. The third-order valence-electron chi connectivity index (χ3n) is 2.83. The van der Waals surface area contributed by atoms with Crippen LogP contribution in [0.1, 0.15) is 12.5 Å². The molecular weight excluding hydrogens is 369 g/mol. The lowest BCUT2D eigenvalue weighted by molar-refractivity contribution is -0.117. The number of nitrogens with zero attached hydrogens (tertiary/aromatic N) is 1. The van der Waals surface area contributed by atoms with Crippen LogP contribution in [0.5, 0.6) is 5.75 Å². The Kier molecular flexibility index (Phi) is 6.14. The molecular formula is C16H13Cl2N3O2S. The molecule has 0 aliphatic rings. The lowest BCUT2D eigenvalue weighted by Crippen LogP contribution is -2.32. The fourth-order valence-electron chi connectivity index (χ4n) is 1.78. The number of amides is 1. The van der Waals surface area contributed by atoms with Crippen molar-refractivity contribution in [2.75, 3.05) is 5.32 Å². The number of anilines is 1. The minimum Gasteiger partial charge on any atom is -0.506 e. The number of phenolic OH excluding ortho intramolecular Hbond substituents is 1. The van der Waals surface area contributed by atoms with Crippen molar-refractivity contribution in [3.63, 3.8) is 0 Å². The number of rotatable bonds is 3. The molecule has 8 heteroatoms. The predicted octanol–water partition coefficient (Wildman–Crippen LogP) is 4.28. The number of carbonyl (C=O) groups is 1. The largest absolute Gasteiger partial charge is 0.506 e. The molecule has 0 unspecified atom stereocenters. The fraction of sp³-hybridized carbons (Fsp3) is 0.0625. The summed E-state index contributed by atoms with van der Waals surface area (Å²) in [5.41, 5.74) is 1.78. The summed E-state index contributed by atoms with van der Waals surface area (Å²) in [4.78, 5) is 15.2. The molecule has 5 nitrogen and oxygen atoms in total. The Hall–Kier alpha value is -2.15. The SMILES string of the molecule is CC(=O)NC(=S)Nc1ccc(N=Cc2cc(Cl)cc(Cl)c2O)cc1. The molecule has 1 amide bonds. The predicted molar refractivity (Wildman–Crippen MR) is 102 cm³/mol. The number of halogens is 2. The molecule has 0 saturated carbocycles. The number of phenols is 1. The van der Waals surface area contributed by atoms with Crippen LogP contribution in [0, 0.1) is 0 Å². The summed E-state index contributed by atoms with van der Waals surface area (Å²) < 4.78 is 0. The quantitative estimate of drug-likeness (QED) is 0.547. The van der Waals surface area contributed by atoms with Crippen molar-refractivity contribution in [2.45, 2.75) is 6.92 Å². The Bertz CT molecular complexity index is 808. The van der Waals surface area contributed by atoms with Crippen molar-refractivity contribution in [3.05, 3.63) is 52.0 Å². The Labute approximate surface area is 154 Å². The molecule has 124 valence electrons. The highest BCUT2D eigenvalue weighted by Gasteiger charge is 2.06. The van der Waals surface area contributed by atoms with Crippen LogP contribution in [0.4, 0.5) is 11.4 Å². The minimum atomic E-state index is -0.242. The van der Waals surface area contributed by atoms with Gasteiger partial charge in [-0.25, -0.2) is 0 Å². The van der Waals surface area contributed by atoms with Gasteiger partial charge in [0.1, 0.15) is 5.75 Å². The molecule has 0 aliphatic heterocycles. The molecule has 0 bridgehead atoms. The maximum Gasteiger partial charge on any atom is 0.222 e. The summed E-state index contributed by atoms with van der Waals surface area (Å²) in [5, 5.41) is 16.0. The van der Waals surface area contributed by atoms with Crippen LogP contribution in [0.2, 0.25) is 10.0 Å². The van der Waals surface area contributed by atoms with E-state index in [-0.39, 0.29) is 21.8 Å². The molecule has 0 aliphatic carbocycles. The second-order valence-electron chi connectivity index (χ2n) is 4.77. The Morgan fingerprint density at radius 3 is 2.54 bits per heavy atom. The van der Waals surface area contributed by atoms with E-state index in [1.807, 2.05) is 0 Å². The molecule has 24 heavy (non-hydrogen) atoms. The number of aliphatic imine (C=N–C) groups is 1. The zero-order chi connectivity index (χ0) is 17.7. The first-order chi connectivity index (χ1) is 11.3. The maximum absolute atomic E-state index is 10.9. The summed E-state index contributed by atoms with van der Waals surface area (Å²) in [6.07, 6.45) is 1.47. The number of nitrogens with one attached hydrogen (secondary N) is 2. The number of hydrogen-bond acceptors (Lipinski definition) is 4. The monoisotopic (exact) mass is 381 g/mol. The first kappa shape index (κ1) is 18.2. The average molecular weight is 382 g/mol. The molecule has 0 heterocycles. The van der Waals surface area contributed by atoms with Crippen LogP contribution in [0.25, 0.3) is 0 Å². The van der Waals surface area contributed by atoms with Gasteiger partial charge in [-0.1, -0.05) is 23.2 Å². The van der Waals surface area contributed by atoms with Crippen LogP contribution in [-0.4, -0.2) is 22.3 Å². The van der Waals surface area contributed by atoms with Gasteiger partial charge in [-0.05, 0) is 48.6 Å². The first-order valence-electron chi connectivity index (χ1n) is 6.76. The third kappa shape index (κ3) is 5.19. The summed E-state index contributed by atoms with van der Waals surface area (Å²) in [7, 11) is 0. The van der Waals surface area contributed by atoms with E-state index in [2.05, 4.69) is 15.6 Å². The molecule has 0 spiro atoms. The van der Waals surface area contributed by atoms with Crippen molar-refractivity contribution in [1.29, 1.82) is 0 Å². The molecule has 0 radical (unpaired) electrons. The second-order valence-corrected chi connectivity index (χ2v) is 6.02. The normalized spacial score (nSPS) is 10.6. The Morgan fingerprint density at radius 2 is 1.92 bits per heavy atom. The van der Waals surface area contributed by atoms with E-state index in [1.54, 1.807) is 30.3 Å². The Balaban J connectivity index is 2.09. The highest BCUT2D eigenvalue weighted by Crippen LogP contribution is 2.30. The van der Waals surface area contributed by atoms with Crippen LogP contribution >= 0.6 is 35.4 Å². The van der Waals surface area contributed by atoms with Gasteiger partial charge in [0.05, 0.1) is 10.7 Å². The van der Waals surface area contributed by atoms with Crippen LogP contribution in [-0.2, 0) is 4.79 Å². The van der Waals surface area contributed by atoms with Gasteiger partial charge in [0.15, 0.2) is 5.11 Å². The Morgan fingerprint density at radius 1 is 1.25 bits per heavy atom. The third-order valence-corrected chi connectivity index (χ3v) is 3.54. The number of benzene rings is 2. The maximum atomic E-state index is 10.9. The van der Waals surface area contributed by atoms with Gasteiger partial charge in [-0.2, -0.15) is 0 Å². The van der Waals surface area contributed by atoms with E-state index in [9.17, 15) is 9.90 Å². The second kappa shape index (κ2) is 8.10. The van der Waals surface area contributed by atoms with Gasteiger partial charge < -0.3 is 15.7 Å². The van der Waals surface area contributed by atoms with Crippen LogP contribution in [0.15, 0.2) is 41.4 Å². The summed E-state index contributed by atoms with van der Waals surface area (Å²) in [6, 6.07) is 10.0. The average Bonchev–Trinajstić information content (AvgIpc) is 2.50. The molecule has 2 rings (SSSR count). The molecule has 2 aromatic carbocycles. The van der Waals surface area contributed by atoms with Gasteiger partial charge >= 0.3 is 0 Å². The lowest BCUT2D eigenvalue weighted by atomic mass is 10.2. The molecule has 0 saturated heterocycles. The standard InChI is InChI=1S/C16H13Cl2N3O2S/c1-9(22)20-16(24)21-13-4-2-12(3-5-13)19-8-10-6-11(17)7-14(18)15(10)23/h2-8,23H,1H3,(H2,20,21,22,24). The van der Waals surface area contributed by atoms with Crippen molar-refractivity contribution >= 4 is 64.0 Å². The molecule has 0 fully saturated rings. The van der Waals surface area contributed by atoms with E-state index < -0.39 is 0 Å². The van der Waals surface area contributed by atoms with E-state index in [0.717, 1.165) is 0 Å². The smallest absolute Gasteiger partial charge is 0.222 e. The number of hydrogen-bond donors (Lipinski definition) is 3. The summed E-state index contributed by atoms with van der Waals surface area (Å²) in [5.74, 6) is -0.322. The van der Waals surface area contributed by atoms with Gasteiger partial charge in [-0.3, -0.25) is 9.79 Å². The van der Waals surface area contributed by atoms with Crippen molar-refractivity contribution in [3.8, 4) is 5.75 Å². The van der Waals surface area contributed by atoms with E-state index >= 15 is 0 Å². The van der Waals surface area contributed by atoms with E-state index in [4.69, 9.17) is 35.4 Å². The van der Waals surface area contributed by atoms with Gasteiger partial charge in [0.25, 0.3) is 0 Å². The number of carbonyl (C=O) groups excluding carboxylic acids is 1. The molecule has 2 aromatic rings. The van der Waals surface area contributed by atoms with Crippen LogP contribution < -0.4 is 10.6 Å². The zero-order valence-corrected chi connectivity index (χ0v) is 14.8. The van der Waals surface area contributed by atoms with Crippen molar-refractivity contribution in [1.82, 2.24) is 5.32 Å². The molecule has 0 atom stereocenters. The van der Waals surface area contributed by atoms with Crippen LogP contribution in [0.3, 0.4) is 0 Å². The summed E-state index contributed by atoms with van der Waals surface area (Å²) >= 11 is 16.7. The number of aromatic hydroxyl groups is 1. The number of thiocarbonyl (C=S) groups is 1. The topological polar surface area (TPSA) is 73.7 Å². The molecule has 0 aromatic heterocycles. The van der Waals surface area contributed by atoms with E-state index in [0.29, 0.717) is 22.0 Å². The highest BCUT2D eigenvalue weighted by atomic mass is 35.5. The van der Waals surface area contributed by atoms with Gasteiger partial charge in [0.2, 0.25) is 5.91 Å². The van der Waals surface area contributed by atoms with E-state index in [1.165, 1.54) is 19.2 Å². The van der Waals surface area contributed by atoms with Gasteiger partial charge in [0, 0.05) is 29.4 Å². The summed E-state index contributed by atoms with van der Waals surface area (Å²) in [6.45, 7) is 1.38. The van der Waals surface area contributed by atoms with Crippen molar-refractivity contribution < 1.29 is 9.90 Å². The zero-order valence-electron chi connectivity index (χ0n) is 12.5. The highest BCUT2D eigenvalue weighted by molar-refractivity contribution is 7.80. The fourth-order valence-corrected chi connectivity index (χ4v) is 2.55. The van der Waals surface area contributed by atoms with Gasteiger partial charge in [-0.15, -0.1) is 0 Å². The van der Waals surface area contributed by atoms with Crippen molar-refractivity contribution in [2.24, 2.45) is 4.99 Å². The molecule has 3 N–H and O–H groups in total. The lowest BCUT2D eigenvalue weighted by Gasteiger charge is -2.07. The minimum absolute atomic E-state index is 0.0799.